The summed E-state index contributed by atoms with van der Waals surface area (Å²) in [6, 6.07) is 7.83. The Morgan fingerprint density at radius 3 is 2.90 bits per heavy atom. The van der Waals surface area contributed by atoms with E-state index >= 15 is 0 Å². The third-order valence-corrected chi connectivity index (χ3v) is 3.10. The monoisotopic (exact) mass is 277 g/mol. The van der Waals surface area contributed by atoms with Gasteiger partial charge in [0.25, 0.3) is 0 Å². The molecule has 0 aliphatic rings. The molecule has 2 N–H and O–H groups in total. The van der Waals surface area contributed by atoms with Crippen LogP contribution in [0, 0.1) is 5.41 Å². The molecule has 4 heteroatoms. The van der Waals surface area contributed by atoms with Crippen molar-refractivity contribution in [2.24, 2.45) is 5.41 Å². The van der Waals surface area contributed by atoms with Crippen LogP contribution in [0.15, 0.2) is 36.9 Å². The summed E-state index contributed by atoms with van der Waals surface area (Å²) in [6.45, 7) is 8.93. The Kier molecular flexibility index (Phi) is 6.25. The van der Waals surface area contributed by atoms with Crippen LogP contribution in [-0.4, -0.2) is 24.2 Å². The maximum atomic E-state index is 11.0. The number of hydrogen-bond donors (Lipinski definition) is 2. The van der Waals surface area contributed by atoms with Gasteiger partial charge in [0.2, 0.25) is 0 Å². The highest BCUT2D eigenvalue weighted by Gasteiger charge is 2.25. The van der Waals surface area contributed by atoms with Crippen molar-refractivity contribution in [3.05, 3.63) is 42.5 Å². The highest BCUT2D eigenvalue weighted by atomic mass is 16.5. The van der Waals surface area contributed by atoms with E-state index in [-0.39, 0.29) is 0 Å². The van der Waals surface area contributed by atoms with E-state index in [1.165, 1.54) is 0 Å². The van der Waals surface area contributed by atoms with Crippen LogP contribution in [0.3, 0.4) is 0 Å². The molecule has 0 atom stereocenters. The lowest BCUT2D eigenvalue weighted by Gasteiger charge is -2.19. The summed E-state index contributed by atoms with van der Waals surface area (Å²) < 4.78 is 5.46. The fraction of sp³-hybridized carbons (Fsp3) is 0.438. The Morgan fingerprint density at radius 2 is 2.25 bits per heavy atom. The van der Waals surface area contributed by atoms with Gasteiger partial charge in [-0.1, -0.05) is 24.8 Å². The molecule has 1 aromatic carbocycles. The Hall–Kier alpha value is -1.81. The van der Waals surface area contributed by atoms with Gasteiger partial charge in [-0.2, -0.15) is 0 Å². The second kappa shape index (κ2) is 7.70. The number of aliphatic carboxylic acids is 1. The summed E-state index contributed by atoms with van der Waals surface area (Å²) in [4.78, 5) is 11.0. The molecule has 0 saturated carbocycles. The van der Waals surface area contributed by atoms with Crippen LogP contribution in [0.4, 0.5) is 0 Å². The Balaban J connectivity index is 2.38. The first-order valence-electron chi connectivity index (χ1n) is 6.72. The van der Waals surface area contributed by atoms with Gasteiger partial charge in [0.15, 0.2) is 0 Å². The molecule has 0 spiro atoms. The van der Waals surface area contributed by atoms with Gasteiger partial charge >= 0.3 is 5.97 Å². The zero-order valence-corrected chi connectivity index (χ0v) is 12.2. The van der Waals surface area contributed by atoms with Crippen LogP contribution in [-0.2, 0) is 11.3 Å². The van der Waals surface area contributed by atoms with Gasteiger partial charge in [0, 0.05) is 6.54 Å². The topological polar surface area (TPSA) is 58.6 Å². The van der Waals surface area contributed by atoms with Crippen molar-refractivity contribution < 1.29 is 14.6 Å². The predicted octanol–water partition coefficient (Wildman–Crippen LogP) is 2.84. The fourth-order valence-electron chi connectivity index (χ4n) is 1.64. The average Bonchev–Trinajstić information content (AvgIpc) is 2.41. The summed E-state index contributed by atoms with van der Waals surface area (Å²) in [5.41, 5.74) is 0.418. The SMILES string of the molecule is C=CCOc1cccc(CNCCC(C)(C)C(=O)O)c1. The number of rotatable bonds is 9. The summed E-state index contributed by atoms with van der Waals surface area (Å²) in [5.74, 6) is 0.0502. The molecule has 20 heavy (non-hydrogen) atoms. The minimum atomic E-state index is -0.765. The van der Waals surface area contributed by atoms with Crippen LogP contribution < -0.4 is 10.1 Å². The minimum absolute atomic E-state index is 0.490. The molecule has 1 rings (SSSR count). The molecular weight excluding hydrogens is 254 g/mol. The maximum Gasteiger partial charge on any atom is 0.309 e. The van der Waals surface area contributed by atoms with Crippen molar-refractivity contribution >= 4 is 5.97 Å². The van der Waals surface area contributed by atoms with Gasteiger partial charge < -0.3 is 15.2 Å². The van der Waals surface area contributed by atoms with E-state index in [0.29, 0.717) is 26.1 Å². The molecule has 110 valence electrons. The number of nitrogens with one attached hydrogen (secondary N) is 1. The van der Waals surface area contributed by atoms with E-state index in [9.17, 15) is 4.79 Å². The number of ether oxygens (including phenoxy) is 1. The van der Waals surface area contributed by atoms with Crippen LogP contribution in [0.25, 0.3) is 0 Å². The smallest absolute Gasteiger partial charge is 0.309 e. The van der Waals surface area contributed by atoms with Crippen LogP contribution in [0.5, 0.6) is 5.75 Å². The lowest BCUT2D eigenvalue weighted by atomic mass is 9.90. The largest absolute Gasteiger partial charge is 0.490 e. The molecule has 0 heterocycles. The third kappa shape index (κ3) is 5.45. The summed E-state index contributed by atoms with van der Waals surface area (Å²) >= 11 is 0. The van der Waals surface area contributed by atoms with Gasteiger partial charge in [-0.3, -0.25) is 4.79 Å². The van der Waals surface area contributed by atoms with E-state index in [1.54, 1.807) is 19.9 Å². The number of hydrogen-bond acceptors (Lipinski definition) is 3. The summed E-state index contributed by atoms with van der Waals surface area (Å²) in [5, 5.41) is 12.3. The summed E-state index contributed by atoms with van der Waals surface area (Å²) in [6.07, 6.45) is 2.30. The van der Waals surface area contributed by atoms with Crippen LogP contribution in [0.1, 0.15) is 25.8 Å². The fourth-order valence-corrected chi connectivity index (χ4v) is 1.64. The standard InChI is InChI=1S/C16H23NO3/c1-4-10-20-14-7-5-6-13(11-14)12-17-9-8-16(2,3)15(18)19/h4-7,11,17H,1,8-10,12H2,2-3H3,(H,18,19). The quantitative estimate of drug-likeness (QED) is 0.538. The van der Waals surface area contributed by atoms with Gasteiger partial charge in [-0.25, -0.2) is 0 Å². The van der Waals surface area contributed by atoms with E-state index in [4.69, 9.17) is 9.84 Å². The maximum absolute atomic E-state index is 11.0. The first-order chi connectivity index (χ1) is 9.45. The molecule has 0 amide bonds. The van der Waals surface area contributed by atoms with Gasteiger partial charge in [-0.15, -0.1) is 0 Å². The molecule has 0 saturated heterocycles. The zero-order chi connectivity index (χ0) is 15.0. The molecular formula is C16H23NO3. The van der Waals surface area contributed by atoms with Gasteiger partial charge in [0.05, 0.1) is 5.41 Å². The highest BCUT2D eigenvalue weighted by molar-refractivity contribution is 5.73. The lowest BCUT2D eigenvalue weighted by Crippen LogP contribution is -2.28. The minimum Gasteiger partial charge on any atom is -0.490 e. The average molecular weight is 277 g/mol. The van der Waals surface area contributed by atoms with Crippen molar-refractivity contribution in [2.75, 3.05) is 13.2 Å². The van der Waals surface area contributed by atoms with Crippen molar-refractivity contribution in [2.45, 2.75) is 26.8 Å². The third-order valence-electron chi connectivity index (χ3n) is 3.10. The lowest BCUT2D eigenvalue weighted by molar-refractivity contribution is -0.147. The molecule has 0 aliphatic heterocycles. The molecule has 0 unspecified atom stereocenters. The molecule has 0 radical (unpaired) electrons. The first kappa shape index (κ1) is 16.2. The van der Waals surface area contributed by atoms with Crippen molar-refractivity contribution in [3.63, 3.8) is 0 Å². The molecule has 4 nitrogen and oxygen atoms in total. The van der Waals surface area contributed by atoms with Crippen LogP contribution >= 0.6 is 0 Å². The highest BCUT2D eigenvalue weighted by Crippen LogP contribution is 2.19. The molecule has 0 aromatic heterocycles. The molecule has 1 aromatic rings. The number of carboxylic acids is 1. The van der Waals surface area contributed by atoms with Crippen molar-refractivity contribution in [1.82, 2.24) is 5.32 Å². The van der Waals surface area contributed by atoms with E-state index < -0.39 is 11.4 Å². The van der Waals surface area contributed by atoms with E-state index in [1.807, 2.05) is 24.3 Å². The normalized spacial score (nSPS) is 11.1. The molecule has 0 bridgehead atoms. The van der Waals surface area contributed by atoms with Crippen molar-refractivity contribution in [3.8, 4) is 5.75 Å². The Morgan fingerprint density at radius 1 is 1.50 bits per heavy atom. The van der Waals surface area contributed by atoms with Gasteiger partial charge in [0.1, 0.15) is 12.4 Å². The van der Waals surface area contributed by atoms with Crippen LogP contribution in [0.2, 0.25) is 0 Å². The predicted molar refractivity (Wildman–Crippen MR) is 79.9 cm³/mol. The Labute approximate surface area is 120 Å². The number of benzene rings is 1. The van der Waals surface area contributed by atoms with Gasteiger partial charge in [-0.05, 0) is 44.5 Å². The second-order valence-electron chi connectivity index (χ2n) is 5.36. The summed E-state index contributed by atoms with van der Waals surface area (Å²) in [7, 11) is 0. The molecule has 0 fully saturated rings. The van der Waals surface area contributed by atoms with Crippen molar-refractivity contribution in [1.29, 1.82) is 0 Å². The second-order valence-corrected chi connectivity index (χ2v) is 5.36. The zero-order valence-electron chi connectivity index (χ0n) is 12.2. The van der Waals surface area contributed by atoms with E-state index in [2.05, 4.69) is 11.9 Å². The van der Waals surface area contributed by atoms with E-state index in [0.717, 1.165) is 11.3 Å². The number of carbonyl (C=O) groups is 1. The number of carboxylic acid groups (broad SMARTS) is 1. The first-order valence-corrected chi connectivity index (χ1v) is 6.72. The molecule has 0 aliphatic carbocycles. The Bertz CT molecular complexity index is 455.